The van der Waals surface area contributed by atoms with Crippen LogP contribution < -0.4 is 5.76 Å². The number of nitrogens with zero attached hydrogens (tertiary/aromatic N) is 2. The highest BCUT2D eigenvalue weighted by molar-refractivity contribution is 5.84. The number of ether oxygens (including phenoxy) is 1. The lowest BCUT2D eigenvalue weighted by Gasteiger charge is -2.37. The van der Waals surface area contributed by atoms with Crippen LogP contribution in [0.1, 0.15) is 50.3 Å². The Hall–Kier alpha value is -1.63. The monoisotopic (exact) mass is 307 g/mol. The first kappa shape index (κ1) is 14.0. The van der Waals surface area contributed by atoms with Crippen molar-refractivity contribution in [3.63, 3.8) is 0 Å². The van der Waals surface area contributed by atoms with Gasteiger partial charge < -0.3 is 14.1 Å². The number of nitrogens with one attached hydrogen (secondary N) is 1. The number of rotatable bonds is 2. The number of aromatic nitrogens is 2. The number of carbonyl (C=O) groups excluding carboxylic acids is 1. The van der Waals surface area contributed by atoms with Crippen LogP contribution in [0.4, 0.5) is 0 Å². The summed E-state index contributed by atoms with van der Waals surface area (Å²) in [5.74, 6) is 0.358. The maximum absolute atomic E-state index is 13.0. The molecule has 0 bridgehead atoms. The Morgan fingerprint density at radius 2 is 2.09 bits per heavy atom. The van der Waals surface area contributed by atoms with Crippen molar-refractivity contribution in [3.8, 4) is 0 Å². The van der Waals surface area contributed by atoms with Crippen molar-refractivity contribution in [2.24, 2.45) is 5.41 Å². The van der Waals surface area contributed by atoms with Crippen LogP contribution in [0.5, 0.6) is 0 Å². The van der Waals surface area contributed by atoms with Gasteiger partial charge in [-0.2, -0.15) is 0 Å². The summed E-state index contributed by atoms with van der Waals surface area (Å²) >= 11 is 0. The molecule has 7 heteroatoms. The van der Waals surface area contributed by atoms with Gasteiger partial charge in [-0.05, 0) is 38.5 Å². The Bertz CT molecular complexity index is 604. The number of hydrogen-bond acceptors (Lipinski definition) is 5. The molecule has 120 valence electrons. The number of amides is 1. The third-order valence-electron chi connectivity index (χ3n) is 5.58. The number of piperidine rings is 1. The van der Waals surface area contributed by atoms with E-state index in [1.165, 1.54) is 0 Å². The lowest BCUT2D eigenvalue weighted by Crippen LogP contribution is -2.48. The maximum Gasteiger partial charge on any atom is 0.434 e. The summed E-state index contributed by atoms with van der Waals surface area (Å²) in [5.41, 5.74) is -0.258. The third-order valence-corrected chi connectivity index (χ3v) is 5.58. The van der Waals surface area contributed by atoms with E-state index in [1.54, 1.807) is 0 Å². The predicted octanol–water partition coefficient (Wildman–Crippen LogP) is 1.03. The van der Waals surface area contributed by atoms with E-state index in [9.17, 15) is 9.59 Å². The van der Waals surface area contributed by atoms with Crippen LogP contribution in [0.2, 0.25) is 0 Å². The summed E-state index contributed by atoms with van der Waals surface area (Å²) in [4.78, 5) is 26.0. The first-order chi connectivity index (χ1) is 10.7. The van der Waals surface area contributed by atoms with Crippen molar-refractivity contribution in [1.29, 1.82) is 0 Å². The van der Waals surface area contributed by atoms with Gasteiger partial charge in [-0.1, -0.05) is 0 Å². The van der Waals surface area contributed by atoms with E-state index in [4.69, 9.17) is 9.15 Å². The highest BCUT2D eigenvalue weighted by Crippen LogP contribution is 2.49. The molecule has 22 heavy (non-hydrogen) atoms. The van der Waals surface area contributed by atoms with Gasteiger partial charge in [0.05, 0.1) is 11.5 Å². The molecule has 1 aromatic heterocycles. The van der Waals surface area contributed by atoms with Gasteiger partial charge in [0.2, 0.25) is 11.8 Å². The molecule has 0 aromatic carbocycles. The lowest BCUT2D eigenvalue weighted by molar-refractivity contribution is -0.145. The van der Waals surface area contributed by atoms with Gasteiger partial charge in [0.25, 0.3) is 0 Å². The number of carbonyl (C=O) groups is 1. The van der Waals surface area contributed by atoms with Crippen molar-refractivity contribution in [2.75, 3.05) is 19.7 Å². The molecule has 2 atom stereocenters. The van der Waals surface area contributed by atoms with E-state index >= 15 is 0 Å². The molecule has 2 aliphatic heterocycles. The van der Waals surface area contributed by atoms with Crippen LogP contribution in [0.15, 0.2) is 9.21 Å². The third kappa shape index (κ3) is 2.10. The summed E-state index contributed by atoms with van der Waals surface area (Å²) < 4.78 is 10.8. The zero-order valence-electron chi connectivity index (χ0n) is 12.5. The fourth-order valence-electron chi connectivity index (χ4n) is 4.36. The van der Waals surface area contributed by atoms with Gasteiger partial charge >= 0.3 is 5.76 Å². The molecule has 1 amide bonds. The smallest absolute Gasteiger partial charge is 0.392 e. The van der Waals surface area contributed by atoms with Gasteiger partial charge in [0.15, 0.2) is 0 Å². The maximum atomic E-state index is 13.0. The van der Waals surface area contributed by atoms with Crippen LogP contribution in [0, 0.1) is 5.41 Å². The van der Waals surface area contributed by atoms with Gasteiger partial charge in [-0.25, -0.2) is 9.89 Å². The second kappa shape index (κ2) is 5.22. The number of aromatic amines is 1. The Morgan fingerprint density at radius 1 is 1.27 bits per heavy atom. The zero-order valence-corrected chi connectivity index (χ0v) is 12.5. The van der Waals surface area contributed by atoms with Crippen LogP contribution in [-0.2, 0) is 9.53 Å². The van der Waals surface area contributed by atoms with Gasteiger partial charge in [0, 0.05) is 25.6 Å². The molecule has 0 radical (unpaired) electrons. The molecule has 2 saturated heterocycles. The zero-order chi connectivity index (χ0) is 15.2. The van der Waals surface area contributed by atoms with Crippen molar-refractivity contribution in [2.45, 2.75) is 50.5 Å². The second-order valence-electron chi connectivity index (χ2n) is 6.68. The highest BCUT2D eigenvalue weighted by Gasteiger charge is 2.54. The largest absolute Gasteiger partial charge is 0.434 e. The van der Waals surface area contributed by atoms with Gasteiger partial charge in [-0.15, -0.1) is 5.10 Å². The molecule has 3 heterocycles. The molecule has 3 aliphatic rings. The highest BCUT2D eigenvalue weighted by atomic mass is 16.5. The SMILES string of the molecule is O=C(N1CCC(c2n[nH]c(=O)o2)CC1)[C@]12CCC[C@H]1OCC2. The summed E-state index contributed by atoms with van der Waals surface area (Å²) in [5, 5.41) is 6.22. The average Bonchev–Trinajstić information content (AvgIpc) is 3.21. The second-order valence-corrected chi connectivity index (χ2v) is 6.68. The fraction of sp³-hybridized carbons (Fsp3) is 0.800. The van der Waals surface area contributed by atoms with Gasteiger partial charge in [0.1, 0.15) is 0 Å². The summed E-state index contributed by atoms with van der Waals surface area (Å²) in [6.07, 6.45) is 5.64. The Morgan fingerprint density at radius 3 is 2.82 bits per heavy atom. The molecule has 1 N–H and O–H groups in total. The number of H-pyrrole nitrogens is 1. The normalized spacial score (nSPS) is 32.4. The van der Waals surface area contributed by atoms with Crippen molar-refractivity contribution in [3.05, 3.63) is 16.4 Å². The van der Waals surface area contributed by atoms with Crippen LogP contribution in [-0.4, -0.2) is 46.8 Å². The molecule has 4 rings (SSSR count). The minimum Gasteiger partial charge on any atom is -0.392 e. The van der Waals surface area contributed by atoms with E-state index < -0.39 is 5.76 Å². The molecule has 0 unspecified atom stereocenters. The number of likely N-dealkylation sites (tertiary alicyclic amines) is 1. The molecule has 3 fully saturated rings. The van der Waals surface area contributed by atoms with Crippen molar-refractivity contribution in [1.82, 2.24) is 15.1 Å². The molecule has 1 aliphatic carbocycles. The molecular formula is C15H21N3O4. The summed E-state index contributed by atoms with van der Waals surface area (Å²) in [6.45, 7) is 2.12. The van der Waals surface area contributed by atoms with Crippen LogP contribution in [0.25, 0.3) is 0 Å². The molecule has 7 nitrogen and oxygen atoms in total. The van der Waals surface area contributed by atoms with E-state index in [1.807, 2.05) is 4.90 Å². The molecule has 0 spiro atoms. The van der Waals surface area contributed by atoms with Crippen LogP contribution in [0.3, 0.4) is 0 Å². The van der Waals surface area contributed by atoms with Crippen molar-refractivity contribution < 1.29 is 13.9 Å². The van der Waals surface area contributed by atoms with E-state index in [2.05, 4.69) is 10.2 Å². The molecule has 1 saturated carbocycles. The molecular weight excluding hydrogens is 286 g/mol. The Balaban J connectivity index is 1.43. The predicted molar refractivity (Wildman–Crippen MR) is 76.3 cm³/mol. The van der Waals surface area contributed by atoms with Crippen molar-refractivity contribution >= 4 is 5.91 Å². The molecule has 1 aromatic rings. The van der Waals surface area contributed by atoms with E-state index in [0.29, 0.717) is 25.6 Å². The lowest BCUT2D eigenvalue weighted by atomic mass is 9.80. The minimum atomic E-state index is -0.510. The Kier molecular flexibility index (Phi) is 3.32. The quantitative estimate of drug-likeness (QED) is 0.881. The van der Waals surface area contributed by atoms with E-state index in [0.717, 1.165) is 38.5 Å². The first-order valence-electron chi connectivity index (χ1n) is 8.15. The summed E-state index contributed by atoms with van der Waals surface area (Å²) in [7, 11) is 0. The number of hydrogen-bond donors (Lipinski definition) is 1. The number of fused-ring (bicyclic) bond motifs is 1. The summed E-state index contributed by atoms with van der Waals surface area (Å²) in [6, 6.07) is 0. The average molecular weight is 307 g/mol. The Labute approximate surface area is 128 Å². The topological polar surface area (TPSA) is 88.4 Å². The minimum absolute atomic E-state index is 0.125. The standard InChI is InChI=1S/C15H21N3O4/c19-13(15-5-1-2-11(15)21-9-6-15)18-7-3-10(4-8-18)12-16-17-14(20)22-12/h10-11H,1-9H2,(H,17,20)/t11-,15+/m1/s1. The van der Waals surface area contributed by atoms with Gasteiger partial charge in [-0.3, -0.25) is 4.79 Å². The van der Waals surface area contributed by atoms with Crippen LogP contribution >= 0.6 is 0 Å². The van der Waals surface area contributed by atoms with E-state index in [-0.39, 0.29) is 23.3 Å². The first-order valence-corrected chi connectivity index (χ1v) is 8.15. The fourth-order valence-corrected chi connectivity index (χ4v) is 4.36.